The average molecular weight is 562 g/mol. The van der Waals surface area contributed by atoms with Crippen molar-refractivity contribution >= 4 is 35.8 Å². The fourth-order valence-electron chi connectivity index (χ4n) is 3.06. The summed E-state index contributed by atoms with van der Waals surface area (Å²) in [7, 11) is 3.43. The lowest BCUT2D eigenvalue weighted by Gasteiger charge is -2.21. The highest BCUT2D eigenvalue weighted by molar-refractivity contribution is 14.0. The molecule has 8 nitrogen and oxygen atoms in total. The number of hydrogen-bond acceptors (Lipinski definition) is 5. The van der Waals surface area contributed by atoms with Gasteiger partial charge < -0.3 is 29.7 Å². The Bertz CT molecular complexity index is 682. The number of amides is 1. The first-order valence-corrected chi connectivity index (χ1v) is 11.2. The summed E-state index contributed by atoms with van der Waals surface area (Å²) in [6.45, 7) is 7.49. The number of rotatable bonds is 12. The van der Waals surface area contributed by atoms with E-state index in [0.717, 1.165) is 70.3 Å². The molecule has 1 aromatic rings. The third-order valence-electron chi connectivity index (χ3n) is 4.98. The minimum absolute atomic E-state index is 0. The van der Waals surface area contributed by atoms with Crippen molar-refractivity contribution in [2.75, 3.05) is 60.2 Å². The van der Waals surface area contributed by atoms with E-state index < -0.39 is 0 Å². The first kappa shape index (κ1) is 28.4. The lowest BCUT2D eigenvalue weighted by atomic mass is 10.0. The maximum Gasteiger partial charge on any atom is 0.259 e. The van der Waals surface area contributed by atoms with Crippen molar-refractivity contribution in [2.24, 2.45) is 10.9 Å². The number of benzene rings is 1. The maximum atomic E-state index is 11.7. The number of halogens is 1. The predicted molar refractivity (Wildman–Crippen MR) is 138 cm³/mol. The summed E-state index contributed by atoms with van der Waals surface area (Å²) in [4.78, 5) is 17.8. The van der Waals surface area contributed by atoms with Crippen LogP contribution in [0, 0.1) is 5.92 Å². The number of nitrogens with one attached hydrogen (secondary N) is 2. The van der Waals surface area contributed by atoms with E-state index >= 15 is 0 Å². The maximum absolute atomic E-state index is 11.7. The molecule has 0 spiro atoms. The zero-order chi connectivity index (χ0) is 22.3. The molecule has 1 aromatic carbocycles. The summed E-state index contributed by atoms with van der Waals surface area (Å²) in [6, 6.07) is 7.67. The van der Waals surface area contributed by atoms with E-state index in [2.05, 4.69) is 15.6 Å². The summed E-state index contributed by atoms with van der Waals surface area (Å²) >= 11 is 0. The molecule has 1 saturated heterocycles. The van der Waals surface area contributed by atoms with Crippen LogP contribution in [-0.4, -0.2) is 77.0 Å². The van der Waals surface area contributed by atoms with Gasteiger partial charge in [-0.25, -0.2) is 4.99 Å². The van der Waals surface area contributed by atoms with Crippen LogP contribution in [0.25, 0.3) is 0 Å². The lowest BCUT2D eigenvalue weighted by Crippen LogP contribution is -2.38. The van der Waals surface area contributed by atoms with Crippen LogP contribution in [0.4, 0.5) is 0 Å². The molecule has 0 bridgehead atoms. The van der Waals surface area contributed by atoms with Gasteiger partial charge in [0.25, 0.3) is 5.91 Å². The molecule has 0 atom stereocenters. The first-order valence-electron chi connectivity index (χ1n) is 11.2. The molecule has 0 aliphatic carbocycles. The summed E-state index contributed by atoms with van der Waals surface area (Å²) in [6.07, 6.45) is 3.14. The van der Waals surface area contributed by atoms with E-state index in [0.29, 0.717) is 18.2 Å². The minimum atomic E-state index is -0.0706. The van der Waals surface area contributed by atoms with E-state index in [9.17, 15) is 4.79 Å². The fourth-order valence-corrected chi connectivity index (χ4v) is 3.06. The van der Waals surface area contributed by atoms with Gasteiger partial charge in [0, 0.05) is 53.6 Å². The third kappa shape index (κ3) is 11.9. The summed E-state index contributed by atoms with van der Waals surface area (Å²) in [5.74, 6) is 2.02. The Morgan fingerprint density at radius 3 is 2.75 bits per heavy atom. The molecule has 182 valence electrons. The molecule has 0 radical (unpaired) electrons. The average Bonchev–Trinajstić information content (AvgIpc) is 2.79. The monoisotopic (exact) mass is 562 g/mol. The zero-order valence-corrected chi connectivity index (χ0v) is 21.9. The van der Waals surface area contributed by atoms with Gasteiger partial charge in [-0.2, -0.15) is 0 Å². The van der Waals surface area contributed by atoms with Gasteiger partial charge >= 0.3 is 0 Å². The van der Waals surface area contributed by atoms with E-state index in [-0.39, 0.29) is 36.5 Å². The topological polar surface area (TPSA) is 84.4 Å². The standard InChI is InChI=1S/C23H38N4O4.HI/c1-4-24-23(25-11-6-12-30-17-19-9-13-29-14-10-19)26-16-20-7-5-8-21(15-20)31-18-22(28)27(2)3;/h5,7-8,15,19H,4,6,9-14,16-18H2,1-3H3,(H2,24,25,26);1H. The fraction of sp³-hybridized carbons (Fsp3) is 0.652. The smallest absolute Gasteiger partial charge is 0.259 e. The Hall–Kier alpha value is -1.59. The van der Waals surface area contributed by atoms with Gasteiger partial charge in [-0.15, -0.1) is 24.0 Å². The van der Waals surface area contributed by atoms with Gasteiger partial charge in [0.2, 0.25) is 0 Å². The number of nitrogens with zero attached hydrogens (tertiary/aromatic N) is 2. The Morgan fingerprint density at radius 2 is 2.03 bits per heavy atom. The predicted octanol–water partition coefficient (Wildman–Crippen LogP) is 2.66. The number of aliphatic imine (C=N–C) groups is 1. The van der Waals surface area contributed by atoms with Crippen molar-refractivity contribution in [3.63, 3.8) is 0 Å². The second kappa shape index (κ2) is 17.0. The van der Waals surface area contributed by atoms with Gasteiger partial charge in [0.1, 0.15) is 5.75 Å². The highest BCUT2D eigenvalue weighted by Gasteiger charge is 2.13. The summed E-state index contributed by atoms with van der Waals surface area (Å²) in [5, 5.41) is 6.62. The van der Waals surface area contributed by atoms with Crippen molar-refractivity contribution in [1.29, 1.82) is 0 Å². The van der Waals surface area contributed by atoms with Gasteiger partial charge in [-0.3, -0.25) is 4.79 Å². The Kier molecular flexibility index (Phi) is 15.1. The molecule has 2 rings (SSSR count). The molecule has 9 heteroatoms. The molecule has 0 aromatic heterocycles. The molecule has 2 N–H and O–H groups in total. The number of likely N-dealkylation sites (N-methyl/N-ethyl adjacent to an activating group) is 1. The van der Waals surface area contributed by atoms with Crippen LogP contribution in [0.3, 0.4) is 0 Å². The minimum Gasteiger partial charge on any atom is -0.484 e. The second-order valence-corrected chi connectivity index (χ2v) is 7.83. The van der Waals surface area contributed by atoms with Crippen molar-refractivity contribution in [2.45, 2.75) is 32.7 Å². The number of carbonyl (C=O) groups is 1. The molecule has 32 heavy (non-hydrogen) atoms. The molecule has 1 aliphatic heterocycles. The Morgan fingerprint density at radius 1 is 1.25 bits per heavy atom. The molecular formula is C23H39IN4O4. The normalized spacial score (nSPS) is 14.4. The van der Waals surface area contributed by atoms with Gasteiger partial charge in [-0.05, 0) is 49.8 Å². The van der Waals surface area contributed by atoms with Crippen LogP contribution in [0.1, 0.15) is 31.7 Å². The van der Waals surface area contributed by atoms with Crippen LogP contribution in [0.15, 0.2) is 29.3 Å². The SMILES string of the molecule is CCNC(=NCc1cccc(OCC(=O)N(C)C)c1)NCCCOCC1CCOCC1.I. The van der Waals surface area contributed by atoms with Crippen LogP contribution in [0.2, 0.25) is 0 Å². The molecule has 0 unspecified atom stereocenters. The third-order valence-corrected chi connectivity index (χ3v) is 4.98. The Labute approximate surface area is 209 Å². The summed E-state index contributed by atoms with van der Waals surface area (Å²) < 4.78 is 16.8. The van der Waals surface area contributed by atoms with E-state index in [1.807, 2.05) is 31.2 Å². The van der Waals surface area contributed by atoms with Crippen LogP contribution >= 0.6 is 24.0 Å². The second-order valence-electron chi connectivity index (χ2n) is 7.83. The molecule has 0 saturated carbocycles. The van der Waals surface area contributed by atoms with Crippen LogP contribution < -0.4 is 15.4 Å². The van der Waals surface area contributed by atoms with Crippen molar-refractivity contribution in [3.8, 4) is 5.75 Å². The van der Waals surface area contributed by atoms with E-state index in [1.165, 1.54) is 4.90 Å². The summed E-state index contributed by atoms with van der Waals surface area (Å²) in [5.41, 5.74) is 1.02. The highest BCUT2D eigenvalue weighted by atomic mass is 127. The lowest BCUT2D eigenvalue weighted by molar-refractivity contribution is -0.130. The zero-order valence-electron chi connectivity index (χ0n) is 19.6. The largest absolute Gasteiger partial charge is 0.484 e. The van der Waals surface area contributed by atoms with Gasteiger partial charge in [0.15, 0.2) is 12.6 Å². The number of ether oxygens (including phenoxy) is 3. The molecule has 1 aliphatic rings. The van der Waals surface area contributed by atoms with Gasteiger partial charge in [-0.1, -0.05) is 12.1 Å². The van der Waals surface area contributed by atoms with Crippen molar-refractivity contribution in [1.82, 2.24) is 15.5 Å². The Balaban J connectivity index is 0.00000512. The van der Waals surface area contributed by atoms with Crippen LogP contribution in [-0.2, 0) is 20.8 Å². The quantitative estimate of drug-likeness (QED) is 0.177. The number of guanidine groups is 1. The molecule has 1 amide bonds. The highest BCUT2D eigenvalue weighted by Crippen LogP contribution is 2.15. The van der Waals surface area contributed by atoms with E-state index in [4.69, 9.17) is 14.2 Å². The number of carbonyl (C=O) groups excluding carboxylic acids is 1. The van der Waals surface area contributed by atoms with Gasteiger partial charge in [0.05, 0.1) is 6.54 Å². The van der Waals surface area contributed by atoms with Crippen molar-refractivity contribution in [3.05, 3.63) is 29.8 Å². The molecule has 1 heterocycles. The molecule has 1 fully saturated rings. The molecular weight excluding hydrogens is 523 g/mol. The van der Waals surface area contributed by atoms with E-state index in [1.54, 1.807) is 14.1 Å². The van der Waals surface area contributed by atoms with Crippen molar-refractivity contribution < 1.29 is 19.0 Å². The van der Waals surface area contributed by atoms with Crippen LogP contribution in [0.5, 0.6) is 5.75 Å². The first-order chi connectivity index (χ1) is 15.1. The number of hydrogen-bond donors (Lipinski definition) is 2.